The Bertz CT molecular complexity index is 1850. The Hall–Kier alpha value is -4.59. The highest BCUT2D eigenvalue weighted by Gasteiger charge is 2.16. The summed E-state index contributed by atoms with van der Waals surface area (Å²) in [4.78, 5) is 26.7. The Morgan fingerprint density at radius 2 is 1.76 bits per heavy atom. The number of nitrogens with two attached hydrogens (primary N) is 1. The molecular weight excluding hydrogens is 570 g/mol. The van der Waals surface area contributed by atoms with Gasteiger partial charge in [0.1, 0.15) is 11.6 Å². The van der Waals surface area contributed by atoms with E-state index < -0.39 is 33.1 Å². The first-order valence-corrected chi connectivity index (χ1v) is 14.7. The first kappa shape index (κ1) is 28.0. The molecule has 0 unspecified atom stereocenters. The third-order valence-electron chi connectivity index (χ3n) is 5.88. The van der Waals surface area contributed by atoms with Crippen molar-refractivity contribution in [2.45, 2.75) is 6.42 Å². The van der Waals surface area contributed by atoms with Gasteiger partial charge in [-0.2, -0.15) is 0 Å². The van der Waals surface area contributed by atoms with Crippen LogP contribution in [0.2, 0.25) is 0 Å². The zero-order chi connectivity index (χ0) is 29.0. The van der Waals surface area contributed by atoms with Crippen molar-refractivity contribution in [3.8, 4) is 21.8 Å². The van der Waals surface area contributed by atoms with Gasteiger partial charge >= 0.3 is 0 Å². The number of aryl methyl sites for hydroxylation is 1. The van der Waals surface area contributed by atoms with Crippen molar-refractivity contribution in [2.75, 3.05) is 16.4 Å². The Kier molecular flexibility index (Phi) is 8.10. The summed E-state index contributed by atoms with van der Waals surface area (Å²) >= 11 is 1.37. The zero-order valence-corrected chi connectivity index (χ0v) is 22.8. The maximum atomic E-state index is 14.1. The number of anilines is 3. The number of amides is 1. The second-order valence-electron chi connectivity index (χ2n) is 8.90. The predicted octanol–water partition coefficient (Wildman–Crippen LogP) is 5.37. The van der Waals surface area contributed by atoms with Gasteiger partial charge in [0.2, 0.25) is 16.0 Å². The molecule has 0 bridgehead atoms. The number of carbonyl (C=O) groups is 1. The van der Waals surface area contributed by atoms with Crippen molar-refractivity contribution in [1.82, 2.24) is 15.0 Å². The molecule has 0 aliphatic rings. The largest absolute Gasteiger partial charge is 0.324 e. The van der Waals surface area contributed by atoms with E-state index in [0.29, 0.717) is 34.3 Å². The second-order valence-corrected chi connectivity index (χ2v) is 11.5. The van der Waals surface area contributed by atoms with Crippen LogP contribution in [-0.4, -0.2) is 35.0 Å². The molecule has 2 aromatic heterocycles. The number of sulfonamides is 1. The Morgan fingerprint density at radius 3 is 2.59 bits per heavy atom. The fraction of sp³-hybridized carbons (Fsp3) is 0.0714. The van der Waals surface area contributed by atoms with Crippen LogP contribution in [0, 0.1) is 11.6 Å². The normalized spacial score (nSPS) is 11.3. The Balaban J connectivity index is 1.36. The van der Waals surface area contributed by atoms with Crippen molar-refractivity contribution in [3.05, 3.63) is 107 Å². The first-order valence-electron chi connectivity index (χ1n) is 12.1. The summed E-state index contributed by atoms with van der Waals surface area (Å²) in [5.41, 5.74) is 4.99. The monoisotopic (exact) mass is 592 g/mol. The minimum atomic E-state index is -3.58. The molecule has 41 heavy (non-hydrogen) atoms. The number of thiazole rings is 1. The van der Waals surface area contributed by atoms with Crippen LogP contribution in [-0.2, 0) is 16.4 Å². The maximum absolute atomic E-state index is 14.1. The van der Waals surface area contributed by atoms with Crippen LogP contribution in [0.5, 0.6) is 0 Å². The number of carbonyl (C=O) groups excluding carboxylic acids is 1. The van der Waals surface area contributed by atoms with Gasteiger partial charge in [0.15, 0.2) is 0 Å². The van der Waals surface area contributed by atoms with E-state index >= 15 is 0 Å². The average molecular weight is 593 g/mol. The standard InChI is InChI=1S/C28H22F2N6O3S2/c29-19-7-8-23(30)22(15-19)27(37)34-21-6-2-4-18(14-21)25-26(40-16-33-25)24-9-11-32-28(36-24)35-20-5-1-3-17(13-20)10-12-41(31,38)39/h1-9,11,13-16H,10,12H2,(H,34,37)(H2,31,38,39)(H,32,35,36). The number of benzene rings is 3. The molecule has 0 fully saturated rings. The van der Waals surface area contributed by atoms with Gasteiger partial charge in [0, 0.05) is 23.1 Å². The molecule has 208 valence electrons. The molecule has 9 nitrogen and oxygen atoms in total. The van der Waals surface area contributed by atoms with Gasteiger partial charge in [-0.05, 0) is 60.5 Å². The molecule has 1 amide bonds. The Morgan fingerprint density at radius 1 is 0.951 bits per heavy atom. The Labute approximate surface area is 238 Å². The van der Waals surface area contributed by atoms with E-state index in [2.05, 4.69) is 25.6 Å². The van der Waals surface area contributed by atoms with Crippen LogP contribution < -0.4 is 15.8 Å². The molecule has 2 heterocycles. The lowest BCUT2D eigenvalue weighted by Gasteiger charge is -2.10. The highest BCUT2D eigenvalue weighted by atomic mass is 32.2. The summed E-state index contributed by atoms with van der Waals surface area (Å²) in [5.74, 6) is -2.17. The van der Waals surface area contributed by atoms with E-state index in [-0.39, 0.29) is 12.2 Å². The topological polar surface area (TPSA) is 140 Å². The molecular formula is C28H22F2N6O3S2. The highest BCUT2D eigenvalue weighted by Crippen LogP contribution is 2.35. The molecule has 5 aromatic rings. The lowest BCUT2D eigenvalue weighted by atomic mass is 10.1. The third-order valence-corrected chi connectivity index (χ3v) is 7.50. The molecule has 0 atom stereocenters. The van der Waals surface area contributed by atoms with Gasteiger partial charge in [-0.3, -0.25) is 4.79 Å². The summed E-state index contributed by atoms with van der Waals surface area (Å²) in [6.07, 6.45) is 1.87. The van der Waals surface area contributed by atoms with Crippen molar-refractivity contribution >= 4 is 44.6 Å². The summed E-state index contributed by atoms with van der Waals surface area (Å²) in [6, 6.07) is 18.5. The van der Waals surface area contributed by atoms with Gasteiger partial charge in [0.05, 0.1) is 33.1 Å². The van der Waals surface area contributed by atoms with Gasteiger partial charge in [-0.1, -0.05) is 24.3 Å². The van der Waals surface area contributed by atoms with Crippen LogP contribution in [0.25, 0.3) is 21.8 Å². The molecule has 4 N–H and O–H groups in total. The summed E-state index contributed by atoms with van der Waals surface area (Å²) in [6.45, 7) is 0. The number of rotatable bonds is 9. The minimum Gasteiger partial charge on any atom is -0.324 e. The van der Waals surface area contributed by atoms with Crippen molar-refractivity contribution in [3.63, 3.8) is 0 Å². The van der Waals surface area contributed by atoms with E-state index in [9.17, 15) is 22.0 Å². The van der Waals surface area contributed by atoms with E-state index in [0.717, 1.165) is 28.6 Å². The summed E-state index contributed by atoms with van der Waals surface area (Å²) in [7, 11) is -3.58. The molecule has 0 aliphatic heterocycles. The van der Waals surface area contributed by atoms with Gasteiger partial charge in [0.25, 0.3) is 5.91 Å². The lowest BCUT2D eigenvalue weighted by Crippen LogP contribution is -2.17. The quantitative estimate of drug-likeness (QED) is 0.209. The van der Waals surface area contributed by atoms with Crippen LogP contribution in [0.4, 0.5) is 26.1 Å². The lowest BCUT2D eigenvalue weighted by molar-refractivity contribution is 0.102. The number of primary sulfonamides is 1. The summed E-state index contributed by atoms with van der Waals surface area (Å²) in [5, 5.41) is 10.8. The number of nitrogens with one attached hydrogen (secondary N) is 2. The van der Waals surface area contributed by atoms with Crippen LogP contribution >= 0.6 is 11.3 Å². The minimum absolute atomic E-state index is 0.164. The fourth-order valence-electron chi connectivity index (χ4n) is 3.99. The van der Waals surface area contributed by atoms with Crippen molar-refractivity contribution < 1.29 is 22.0 Å². The number of halogens is 2. The maximum Gasteiger partial charge on any atom is 0.258 e. The molecule has 0 aliphatic carbocycles. The molecule has 3 aromatic carbocycles. The number of nitrogens with zero attached hydrogens (tertiary/aromatic N) is 3. The van der Waals surface area contributed by atoms with Gasteiger partial charge < -0.3 is 10.6 Å². The van der Waals surface area contributed by atoms with Crippen molar-refractivity contribution in [1.29, 1.82) is 0 Å². The summed E-state index contributed by atoms with van der Waals surface area (Å²) < 4.78 is 50.2. The highest BCUT2D eigenvalue weighted by molar-refractivity contribution is 7.89. The average Bonchev–Trinajstić information content (AvgIpc) is 3.44. The van der Waals surface area contributed by atoms with Gasteiger partial charge in [-0.25, -0.2) is 37.3 Å². The molecule has 13 heteroatoms. The number of hydrogen-bond acceptors (Lipinski definition) is 8. The fourth-order valence-corrected chi connectivity index (χ4v) is 5.29. The van der Waals surface area contributed by atoms with E-state index in [1.807, 2.05) is 18.2 Å². The van der Waals surface area contributed by atoms with Crippen LogP contribution in [0.15, 0.2) is 84.5 Å². The molecule has 0 saturated carbocycles. The molecule has 0 saturated heterocycles. The first-order chi connectivity index (χ1) is 19.6. The SMILES string of the molecule is NS(=O)(=O)CCc1cccc(Nc2nccc(-c3scnc3-c3cccc(NC(=O)c4cc(F)ccc4F)c3)n2)c1. The predicted molar refractivity (Wildman–Crippen MR) is 154 cm³/mol. The zero-order valence-electron chi connectivity index (χ0n) is 21.2. The van der Waals surface area contributed by atoms with Crippen molar-refractivity contribution in [2.24, 2.45) is 5.14 Å². The molecule has 0 radical (unpaired) electrons. The van der Waals surface area contributed by atoms with Gasteiger partial charge in [-0.15, -0.1) is 11.3 Å². The number of aromatic nitrogens is 3. The van der Waals surface area contributed by atoms with Crippen LogP contribution in [0.1, 0.15) is 15.9 Å². The molecule has 0 spiro atoms. The van der Waals surface area contributed by atoms with E-state index in [1.54, 1.807) is 48.1 Å². The third kappa shape index (κ3) is 7.14. The molecule has 5 rings (SSSR count). The van der Waals surface area contributed by atoms with E-state index in [1.165, 1.54) is 11.3 Å². The van der Waals surface area contributed by atoms with Crippen LogP contribution in [0.3, 0.4) is 0 Å². The second kappa shape index (κ2) is 11.9. The smallest absolute Gasteiger partial charge is 0.258 e. The number of hydrogen-bond donors (Lipinski definition) is 3. The van der Waals surface area contributed by atoms with E-state index in [4.69, 9.17) is 5.14 Å².